The van der Waals surface area contributed by atoms with E-state index in [1.807, 2.05) is 0 Å². The molecule has 0 saturated heterocycles. The fourth-order valence-corrected chi connectivity index (χ4v) is 3.27. The molecule has 0 aromatic carbocycles. The number of nitrogens with one attached hydrogen (secondary N) is 1. The van der Waals surface area contributed by atoms with Crippen LogP contribution in [-0.4, -0.2) is 15.1 Å². The molecular formula is C9H24BNSi. The molecule has 0 aromatic rings. The maximum atomic E-state index is 3.79. The van der Waals surface area contributed by atoms with Crippen LogP contribution < -0.4 is 4.89 Å². The van der Waals surface area contributed by atoms with E-state index in [-0.39, 0.29) is 0 Å². The molecule has 0 aliphatic rings. The molecule has 0 aliphatic carbocycles. The summed E-state index contributed by atoms with van der Waals surface area (Å²) >= 11 is 0. The number of hydrogen-bond acceptors (Lipinski definition) is 1. The maximum absolute atomic E-state index is 3.79. The molecule has 3 heteroatoms. The first-order valence-electron chi connectivity index (χ1n) is 5.01. The van der Waals surface area contributed by atoms with Crippen LogP contribution in [0.2, 0.25) is 31.3 Å². The Labute approximate surface area is 79.5 Å². The van der Waals surface area contributed by atoms with Crippen molar-refractivity contribution >= 4 is 15.1 Å². The number of hydrogen-bond donors (Lipinski definition) is 1. The first-order chi connectivity index (χ1) is 5.24. The molecule has 0 heterocycles. The van der Waals surface area contributed by atoms with Gasteiger partial charge in [-0.25, -0.2) is 0 Å². The summed E-state index contributed by atoms with van der Waals surface area (Å²) in [5.41, 5.74) is 0. The van der Waals surface area contributed by atoms with E-state index in [0.29, 0.717) is 6.85 Å². The molecule has 0 spiro atoms. The lowest BCUT2D eigenvalue weighted by atomic mass is 9.46. The highest BCUT2D eigenvalue weighted by Gasteiger charge is 2.27. The third kappa shape index (κ3) is 4.99. The summed E-state index contributed by atoms with van der Waals surface area (Å²) < 4.78 is 0. The molecule has 0 atom stereocenters. The van der Waals surface area contributed by atoms with Crippen LogP contribution in [0, 0.1) is 0 Å². The zero-order valence-electron chi connectivity index (χ0n) is 9.73. The molecule has 1 N–H and O–H groups in total. The van der Waals surface area contributed by atoms with Crippen molar-refractivity contribution in [3.63, 3.8) is 0 Å². The van der Waals surface area contributed by atoms with E-state index in [1.54, 1.807) is 0 Å². The lowest BCUT2D eigenvalue weighted by Crippen LogP contribution is -2.53. The molecule has 0 radical (unpaired) electrons. The Kier molecular flexibility index (Phi) is 4.56. The van der Waals surface area contributed by atoms with E-state index in [9.17, 15) is 0 Å². The van der Waals surface area contributed by atoms with Crippen LogP contribution in [0.4, 0.5) is 0 Å². The fraction of sp³-hybridized carbons (Fsp3) is 1.00. The SMILES string of the molecule is CC(C)B(N[Si](C)(C)C)C(C)C. The molecule has 0 unspecified atom stereocenters. The van der Waals surface area contributed by atoms with Crippen molar-refractivity contribution in [3.8, 4) is 0 Å². The van der Waals surface area contributed by atoms with Crippen LogP contribution in [0.5, 0.6) is 0 Å². The summed E-state index contributed by atoms with van der Waals surface area (Å²) in [6, 6.07) is 0. The number of rotatable bonds is 4. The zero-order valence-corrected chi connectivity index (χ0v) is 10.7. The molecule has 0 bridgehead atoms. The van der Waals surface area contributed by atoms with Gasteiger partial charge >= 0.3 is 0 Å². The van der Waals surface area contributed by atoms with E-state index in [0.717, 1.165) is 11.6 Å². The molecule has 0 aromatic heterocycles. The standard InChI is InChI=1S/C9H24BNSi/c1-8(2)10(9(3)4)11-12(5,6)7/h8-9,11H,1-7H3. The van der Waals surface area contributed by atoms with E-state index in [1.165, 1.54) is 0 Å². The van der Waals surface area contributed by atoms with Crippen molar-refractivity contribution in [2.75, 3.05) is 0 Å². The topological polar surface area (TPSA) is 12.0 Å². The Hall–Kier alpha value is 0.242. The maximum Gasteiger partial charge on any atom is 0.218 e. The molecule has 0 amide bonds. The van der Waals surface area contributed by atoms with Crippen molar-refractivity contribution in [2.45, 2.75) is 59.0 Å². The Balaban J connectivity index is 4.15. The summed E-state index contributed by atoms with van der Waals surface area (Å²) in [5, 5.41) is 0. The van der Waals surface area contributed by atoms with Gasteiger partial charge in [0.15, 0.2) is 0 Å². The third-order valence-corrected chi connectivity index (χ3v) is 3.24. The van der Waals surface area contributed by atoms with Gasteiger partial charge in [0.05, 0.1) is 0 Å². The highest BCUT2D eigenvalue weighted by Crippen LogP contribution is 2.19. The second-order valence-electron chi connectivity index (χ2n) is 5.41. The fourth-order valence-electron chi connectivity index (χ4n) is 1.60. The second kappa shape index (κ2) is 4.47. The summed E-state index contributed by atoms with van der Waals surface area (Å²) in [6.45, 7) is 17.0. The quantitative estimate of drug-likeness (QED) is 0.663. The van der Waals surface area contributed by atoms with Crippen LogP contribution in [0.25, 0.3) is 0 Å². The van der Waals surface area contributed by atoms with Gasteiger partial charge < -0.3 is 4.89 Å². The van der Waals surface area contributed by atoms with E-state index >= 15 is 0 Å². The lowest BCUT2D eigenvalue weighted by Gasteiger charge is -2.29. The molecule has 0 rings (SSSR count). The van der Waals surface area contributed by atoms with E-state index in [2.05, 4.69) is 52.2 Å². The van der Waals surface area contributed by atoms with Crippen LogP contribution >= 0.6 is 0 Å². The summed E-state index contributed by atoms with van der Waals surface area (Å²) in [6.07, 6.45) is 0. The Morgan fingerprint density at radius 3 is 1.33 bits per heavy atom. The third-order valence-electron chi connectivity index (χ3n) is 2.04. The predicted molar refractivity (Wildman–Crippen MR) is 62.4 cm³/mol. The molecule has 1 nitrogen and oxygen atoms in total. The first kappa shape index (κ1) is 12.2. The molecular weight excluding hydrogens is 161 g/mol. The van der Waals surface area contributed by atoms with Gasteiger partial charge in [-0.3, -0.25) is 0 Å². The minimum atomic E-state index is -1.10. The summed E-state index contributed by atoms with van der Waals surface area (Å²) in [5.74, 6) is 1.49. The predicted octanol–water partition coefficient (Wildman–Crippen LogP) is 3.22. The monoisotopic (exact) mass is 185 g/mol. The average molecular weight is 185 g/mol. The molecule has 72 valence electrons. The van der Waals surface area contributed by atoms with Gasteiger partial charge in [0.25, 0.3) is 0 Å². The van der Waals surface area contributed by atoms with Crippen molar-refractivity contribution in [1.29, 1.82) is 0 Å². The van der Waals surface area contributed by atoms with Gasteiger partial charge in [-0.05, 0) is 0 Å². The van der Waals surface area contributed by atoms with Crippen molar-refractivity contribution < 1.29 is 0 Å². The van der Waals surface area contributed by atoms with Gasteiger partial charge in [-0.15, -0.1) is 0 Å². The molecule has 0 saturated carbocycles. The van der Waals surface area contributed by atoms with E-state index < -0.39 is 8.24 Å². The molecule has 12 heavy (non-hydrogen) atoms. The molecule has 0 aliphatic heterocycles. The van der Waals surface area contributed by atoms with Gasteiger partial charge in [0.2, 0.25) is 6.85 Å². The second-order valence-corrected chi connectivity index (χ2v) is 10.2. The molecule has 0 fully saturated rings. The van der Waals surface area contributed by atoms with Crippen LogP contribution in [-0.2, 0) is 0 Å². The van der Waals surface area contributed by atoms with E-state index in [4.69, 9.17) is 0 Å². The van der Waals surface area contributed by atoms with Crippen LogP contribution in [0.1, 0.15) is 27.7 Å². The smallest absolute Gasteiger partial charge is 0.218 e. The largest absolute Gasteiger partial charge is 0.378 e. The highest BCUT2D eigenvalue weighted by atomic mass is 28.3. The summed E-state index contributed by atoms with van der Waals surface area (Å²) in [4.78, 5) is 3.79. The van der Waals surface area contributed by atoms with Gasteiger partial charge in [-0.2, -0.15) is 0 Å². The van der Waals surface area contributed by atoms with Crippen LogP contribution in [0.3, 0.4) is 0 Å². The van der Waals surface area contributed by atoms with Crippen molar-refractivity contribution in [2.24, 2.45) is 0 Å². The van der Waals surface area contributed by atoms with Crippen molar-refractivity contribution in [3.05, 3.63) is 0 Å². The summed E-state index contributed by atoms with van der Waals surface area (Å²) in [7, 11) is -1.10. The Morgan fingerprint density at radius 2 is 1.25 bits per heavy atom. The van der Waals surface area contributed by atoms with Gasteiger partial charge in [0.1, 0.15) is 8.24 Å². The van der Waals surface area contributed by atoms with Gasteiger partial charge in [0, 0.05) is 0 Å². The first-order valence-corrected chi connectivity index (χ1v) is 8.51. The Morgan fingerprint density at radius 1 is 0.917 bits per heavy atom. The Bertz CT molecular complexity index is 121. The minimum Gasteiger partial charge on any atom is -0.378 e. The van der Waals surface area contributed by atoms with Crippen molar-refractivity contribution in [1.82, 2.24) is 4.89 Å². The highest BCUT2D eigenvalue weighted by molar-refractivity contribution is 6.84. The normalized spacial score (nSPS) is 12.8. The zero-order chi connectivity index (χ0) is 9.94. The van der Waals surface area contributed by atoms with Gasteiger partial charge in [-0.1, -0.05) is 59.0 Å². The minimum absolute atomic E-state index is 0.691. The lowest BCUT2D eigenvalue weighted by molar-refractivity contribution is 0.911. The average Bonchev–Trinajstić information content (AvgIpc) is 1.79. The van der Waals surface area contributed by atoms with Crippen LogP contribution in [0.15, 0.2) is 0 Å².